The predicted molar refractivity (Wildman–Crippen MR) is 109 cm³/mol. The minimum Gasteiger partial charge on any atom is -0.486 e. The van der Waals surface area contributed by atoms with Gasteiger partial charge in [-0.1, -0.05) is 6.07 Å². The average molecular weight is 404 g/mol. The molecule has 0 spiro atoms. The van der Waals surface area contributed by atoms with Gasteiger partial charge in [0.15, 0.2) is 11.5 Å². The lowest BCUT2D eigenvalue weighted by atomic mass is 9.95. The van der Waals surface area contributed by atoms with Gasteiger partial charge in [-0.05, 0) is 68.8 Å². The van der Waals surface area contributed by atoms with Crippen LogP contribution in [0.1, 0.15) is 44.1 Å². The van der Waals surface area contributed by atoms with E-state index in [0.29, 0.717) is 32.0 Å². The van der Waals surface area contributed by atoms with Crippen molar-refractivity contribution >= 4 is 5.97 Å². The van der Waals surface area contributed by atoms with Crippen molar-refractivity contribution in [2.75, 3.05) is 46.1 Å². The summed E-state index contributed by atoms with van der Waals surface area (Å²) in [7, 11) is 0. The molecule has 4 rings (SSSR count). The molecule has 2 saturated heterocycles. The number of hydrogen-bond acceptors (Lipinski definition) is 6. The summed E-state index contributed by atoms with van der Waals surface area (Å²) in [5.41, 5.74) is 1.12. The summed E-state index contributed by atoms with van der Waals surface area (Å²) in [5, 5.41) is 0. The van der Waals surface area contributed by atoms with Crippen molar-refractivity contribution in [2.24, 2.45) is 5.92 Å². The molecule has 160 valence electrons. The van der Waals surface area contributed by atoms with Crippen molar-refractivity contribution < 1.29 is 23.7 Å². The summed E-state index contributed by atoms with van der Waals surface area (Å²) in [6, 6.07) is 6.05. The first-order valence-corrected chi connectivity index (χ1v) is 11.1. The minimum absolute atomic E-state index is 0.0711. The zero-order chi connectivity index (χ0) is 19.9. The van der Waals surface area contributed by atoms with Gasteiger partial charge in [0.25, 0.3) is 0 Å². The van der Waals surface area contributed by atoms with E-state index in [-0.39, 0.29) is 12.1 Å². The lowest BCUT2D eigenvalue weighted by Gasteiger charge is -2.25. The fraction of sp³-hybridized carbons (Fsp3) is 0.696. The smallest absolute Gasteiger partial charge is 0.306 e. The molecule has 0 amide bonds. The number of esters is 1. The monoisotopic (exact) mass is 403 g/mol. The standard InChI is InChI=1S/C23H33NO5/c25-23(6-4-18-7-11-26-12-8-18)29-20(17-24-9-1-2-10-24)15-19-3-5-21-22(16-19)28-14-13-27-21/h3,5,16,18,20H,1-2,4,6-15,17H2. The summed E-state index contributed by atoms with van der Waals surface area (Å²) in [5.74, 6) is 2.11. The second-order valence-electron chi connectivity index (χ2n) is 8.40. The molecule has 0 saturated carbocycles. The molecule has 29 heavy (non-hydrogen) atoms. The molecule has 1 unspecified atom stereocenters. The van der Waals surface area contributed by atoms with Crippen LogP contribution in [0.5, 0.6) is 11.5 Å². The highest BCUT2D eigenvalue weighted by Crippen LogP contribution is 2.31. The highest BCUT2D eigenvalue weighted by molar-refractivity contribution is 5.69. The summed E-state index contributed by atoms with van der Waals surface area (Å²) in [6.07, 6.45) is 6.56. The van der Waals surface area contributed by atoms with E-state index in [0.717, 1.165) is 69.2 Å². The molecular formula is C23H33NO5. The van der Waals surface area contributed by atoms with Gasteiger partial charge in [0.05, 0.1) is 0 Å². The molecule has 3 aliphatic heterocycles. The molecular weight excluding hydrogens is 370 g/mol. The van der Waals surface area contributed by atoms with Crippen LogP contribution >= 0.6 is 0 Å². The molecule has 1 aromatic rings. The van der Waals surface area contributed by atoms with E-state index < -0.39 is 0 Å². The van der Waals surface area contributed by atoms with Crippen LogP contribution in [0.2, 0.25) is 0 Å². The van der Waals surface area contributed by atoms with Crippen LogP contribution in [-0.4, -0.2) is 63.0 Å². The zero-order valence-corrected chi connectivity index (χ0v) is 17.3. The number of benzene rings is 1. The van der Waals surface area contributed by atoms with Crippen molar-refractivity contribution in [1.82, 2.24) is 4.90 Å². The van der Waals surface area contributed by atoms with E-state index in [2.05, 4.69) is 11.0 Å². The van der Waals surface area contributed by atoms with Crippen LogP contribution in [-0.2, 0) is 20.7 Å². The van der Waals surface area contributed by atoms with Gasteiger partial charge in [0.2, 0.25) is 0 Å². The fourth-order valence-electron chi connectivity index (χ4n) is 4.48. The quantitative estimate of drug-likeness (QED) is 0.621. The molecule has 3 aliphatic rings. The first-order valence-electron chi connectivity index (χ1n) is 11.1. The van der Waals surface area contributed by atoms with Crippen LogP contribution in [0, 0.1) is 5.92 Å². The van der Waals surface area contributed by atoms with Gasteiger partial charge in [-0.25, -0.2) is 0 Å². The highest BCUT2D eigenvalue weighted by Gasteiger charge is 2.23. The van der Waals surface area contributed by atoms with Gasteiger partial charge in [-0.15, -0.1) is 0 Å². The Morgan fingerprint density at radius 1 is 1.07 bits per heavy atom. The molecule has 1 aromatic carbocycles. The Bertz CT molecular complexity index is 667. The number of likely N-dealkylation sites (tertiary alicyclic amines) is 1. The van der Waals surface area contributed by atoms with Crippen LogP contribution in [0.15, 0.2) is 18.2 Å². The van der Waals surface area contributed by atoms with Gasteiger partial charge in [0.1, 0.15) is 19.3 Å². The molecule has 6 heteroatoms. The number of carbonyl (C=O) groups is 1. The summed E-state index contributed by atoms with van der Waals surface area (Å²) < 4.78 is 22.7. The van der Waals surface area contributed by atoms with Crippen LogP contribution in [0.4, 0.5) is 0 Å². The van der Waals surface area contributed by atoms with Crippen molar-refractivity contribution in [3.8, 4) is 11.5 Å². The Labute approximate surface area is 173 Å². The molecule has 2 fully saturated rings. The number of rotatable bonds is 8. The second kappa shape index (κ2) is 10.3. The summed E-state index contributed by atoms with van der Waals surface area (Å²) >= 11 is 0. The topological polar surface area (TPSA) is 57.2 Å². The minimum atomic E-state index is -0.127. The Hall–Kier alpha value is -1.79. The van der Waals surface area contributed by atoms with Gasteiger partial charge in [0, 0.05) is 32.6 Å². The van der Waals surface area contributed by atoms with Gasteiger partial charge in [-0.2, -0.15) is 0 Å². The van der Waals surface area contributed by atoms with Crippen molar-refractivity contribution in [3.63, 3.8) is 0 Å². The SMILES string of the molecule is O=C(CCC1CCOCC1)OC(Cc1ccc2c(c1)OCCO2)CN1CCCC1. The van der Waals surface area contributed by atoms with Crippen LogP contribution in [0.3, 0.4) is 0 Å². The van der Waals surface area contributed by atoms with E-state index in [4.69, 9.17) is 18.9 Å². The number of carbonyl (C=O) groups excluding carboxylic acids is 1. The molecule has 6 nitrogen and oxygen atoms in total. The molecule has 0 aromatic heterocycles. The Kier molecular flexibility index (Phi) is 7.28. The van der Waals surface area contributed by atoms with Crippen molar-refractivity contribution in [2.45, 2.75) is 51.0 Å². The fourth-order valence-corrected chi connectivity index (χ4v) is 4.48. The Balaban J connectivity index is 1.34. The molecule has 0 radical (unpaired) electrons. The maximum absolute atomic E-state index is 12.6. The summed E-state index contributed by atoms with van der Waals surface area (Å²) in [6.45, 7) is 5.80. The van der Waals surface area contributed by atoms with Crippen molar-refractivity contribution in [1.29, 1.82) is 0 Å². The highest BCUT2D eigenvalue weighted by atomic mass is 16.6. The van der Waals surface area contributed by atoms with Crippen molar-refractivity contribution in [3.05, 3.63) is 23.8 Å². The number of hydrogen-bond donors (Lipinski definition) is 0. The van der Waals surface area contributed by atoms with E-state index in [1.165, 1.54) is 12.8 Å². The third kappa shape index (κ3) is 6.09. The normalized spacial score (nSPS) is 21.1. The largest absolute Gasteiger partial charge is 0.486 e. The first-order chi connectivity index (χ1) is 14.3. The second-order valence-corrected chi connectivity index (χ2v) is 8.40. The van der Waals surface area contributed by atoms with Crippen LogP contribution < -0.4 is 9.47 Å². The Morgan fingerprint density at radius 2 is 1.83 bits per heavy atom. The average Bonchev–Trinajstić information content (AvgIpc) is 3.26. The molecule has 0 bridgehead atoms. The zero-order valence-electron chi connectivity index (χ0n) is 17.3. The number of fused-ring (bicyclic) bond motifs is 1. The molecule has 1 atom stereocenters. The molecule has 0 aliphatic carbocycles. The molecule has 0 N–H and O–H groups in total. The lowest BCUT2D eigenvalue weighted by Crippen LogP contribution is -2.35. The predicted octanol–water partition coefficient (Wildman–Crippen LogP) is 3.21. The maximum atomic E-state index is 12.6. The number of nitrogens with zero attached hydrogens (tertiary/aromatic N) is 1. The number of ether oxygens (including phenoxy) is 4. The van der Waals surface area contributed by atoms with E-state index >= 15 is 0 Å². The van der Waals surface area contributed by atoms with Gasteiger partial charge >= 0.3 is 5.97 Å². The van der Waals surface area contributed by atoms with Gasteiger partial charge < -0.3 is 18.9 Å². The van der Waals surface area contributed by atoms with E-state index in [1.807, 2.05) is 12.1 Å². The Morgan fingerprint density at radius 3 is 2.62 bits per heavy atom. The third-order valence-electron chi connectivity index (χ3n) is 6.13. The maximum Gasteiger partial charge on any atom is 0.306 e. The lowest BCUT2D eigenvalue weighted by molar-refractivity contribution is -0.150. The molecule has 3 heterocycles. The van der Waals surface area contributed by atoms with Gasteiger partial charge in [-0.3, -0.25) is 9.69 Å². The third-order valence-corrected chi connectivity index (χ3v) is 6.13. The van der Waals surface area contributed by atoms with Crippen LogP contribution in [0.25, 0.3) is 0 Å². The van der Waals surface area contributed by atoms with E-state index in [1.54, 1.807) is 0 Å². The van der Waals surface area contributed by atoms with E-state index in [9.17, 15) is 4.79 Å². The first kappa shape index (κ1) is 20.5. The summed E-state index contributed by atoms with van der Waals surface area (Å²) in [4.78, 5) is 15.0.